The molecule has 1 aliphatic carbocycles. The Bertz CT molecular complexity index is 2770. The second kappa shape index (κ2) is 11.8. The van der Waals surface area contributed by atoms with Crippen LogP contribution in [0.5, 0.6) is 0 Å². The Morgan fingerprint density at radius 2 is 1.00 bits per heavy atom. The van der Waals surface area contributed by atoms with E-state index in [1.54, 1.807) is 0 Å². The van der Waals surface area contributed by atoms with Gasteiger partial charge in [0, 0.05) is 27.4 Å². The second-order valence-electron chi connectivity index (χ2n) is 15.3. The molecule has 8 aromatic carbocycles. The van der Waals surface area contributed by atoms with Gasteiger partial charge in [-0.3, -0.25) is 0 Å². The van der Waals surface area contributed by atoms with Crippen molar-refractivity contribution in [1.82, 2.24) is 0 Å². The Balaban J connectivity index is 1.36. The molecule has 0 fully saturated rings. The van der Waals surface area contributed by atoms with Crippen molar-refractivity contribution in [2.75, 3.05) is 4.90 Å². The Hall–Kier alpha value is -6.38. The molecule has 1 heterocycles. The van der Waals surface area contributed by atoms with E-state index in [0.717, 1.165) is 39.0 Å². The molecular formula is C51H39NO. The fourth-order valence-corrected chi connectivity index (χ4v) is 9.02. The number of anilines is 3. The number of rotatable bonds is 5. The van der Waals surface area contributed by atoms with Crippen LogP contribution >= 0.6 is 0 Å². The zero-order valence-corrected chi connectivity index (χ0v) is 30.2. The van der Waals surface area contributed by atoms with Crippen LogP contribution in [0.4, 0.5) is 17.1 Å². The van der Waals surface area contributed by atoms with E-state index in [2.05, 4.69) is 208 Å². The highest BCUT2D eigenvalue weighted by Crippen LogP contribution is 2.60. The van der Waals surface area contributed by atoms with Gasteiger partial charge < -0.3 is 9.32 Å². The van der Waals surface area contributed by atoms with Gasteiger partial charge in [-0.05, 0) is 68.4 Å². The van der Waals surface area contributed by atoms with Crippen LogP contribution in [-0.2, 0) is 10.8 Å². The fourth-order valence-electron chi connectivity index (χ4n) is 9.02. The lowest BCUT2D eigenvalue weighted by Gasteiger charge is -2.35. The topological polar surface area (TPSA) is 16.4 Å². The quantitative estimate of drug-likeness (QED) is 0.180. The Morgan fingerprint density at radius 1 is 0.453 bits per heavy atom. The van der Waals surface area contributed by atoms with Gasteiger partial charge in [-0.1, -0.05) is 178 Å². The zero-order valence-electron chi connectivity index (χ0n) is 30.2. The molecule has 0 N–H and O–H groups in total. The van der Waals surface area contributed by atoms with Crippen molar-refractivity contribution in [1.29, 1.82) is 0 Å². The highest BCUT2D eigenvalue weighted by molar-refractivity contribution is 6.15. The SMILES string of the molecule is CC(C)(C)c1cccc2c1oc1c(N(c3ccccc3)c3cc4c(c5ccccc35)-c3ccccc3C4(c3ccccc3)c3ccccc3)cccc12. The van der Waals surface area contributed by atoms with Crippen LogP contribution in [0.15, 0.2) is 186 Å². The lowest BCUT2D eigenvalue weighted by Crippen LogP contribution is -2.28. The molecule has 0 bridgehead atoms. The molecule has 10 rings (SSSR count). The van der Waals surface area contributed by atoms with E-state index in [1.165, 1.54) is 49.7 Å². The molecule has 254 valence electrons. The highest BCUT2D eigenvalue weighted by atomic mass is 16.3. The Morgan fingerprint density at radius 3 is 1.68 bits per heavy atom. The predicted molar refractivity (Wildman–Crippen MR) is 222 cm³/mol. The van der Waals surface area contributed by atoms with E-state index in [0.29, 0.717) is 0 Å². The zero-order chi connectivity index (χ0) is 35.7. The van der Waals surface area contributed by atoms with E-state index >= 15 is 0 Å². The van der Waals surface area contributed by atoms with Crippen LogP contribution in [0.3, 0.4) is 0 Å². The lowest BCUT2D eigenvalue weighted by atomic mass is 9.67. The first-order valence-corrected chi connectivity index (χ1v) is 18.5. The van der Waals surface area contributed by atoms with E-state index in [1.807, 2.05) is 0 Å². The van der Waals surface area contributed by atoms with Crippen molar-refractivity contribution < 1.29 is 4.42 Å². The lowest BCUT2D eigenvalue weighted by molar-refractivity contribution is 0.573. The largest absolute Gasteiger partial charge is 0.454 e. The Labute approximate surface area is 310 Å². The molecule has 0 saturated heterocycles. The first kappa shape index (κ1) is 31.4. The van der Waals surface area contributed by atoms with Crippen molar-refractivity contribution in [2.24, 2.45) is 0 Å². The molecule has 0 saturated carbocycles. The molecule has 0 amide bonds. The maximum Gasteiger partial charge on any atom is 0.159 e. The van der Waals surface area contributed by atoms with Gasteiger partial charge in [-0.2, -0.15) is 0 Å². The first-order chi connectivity index (χ1) is 26.0. The predicted octanol–water partition coefficient (Wildman–Crippen LogP) is 13.9. The van der Waals surface area contributed by atoms with Gasteiger partial charge >= 0.3 is 0 Å². The van der Waals surface area contributed by atoms with Gasteiger partial charge in [0.25, 0.3) is 0 Å². The van der Waals surface area contributed by atoms with Crippen LogP contribution in [0.25, 0.3) is 43.8 Å². The van der Waals surface area contributed by atoms with Crippen molar-refractivity contribution in [2.45, 2.75) is 31.6 Å². The summed E-state index contributed by atoms with van der Waals surface area (Å²) in [4.78, 5) is 2.42. The monoisotopic (exact) mass is 681 g/mol. The van der Waals surface area contributed by atoms with Gasteiger partial charge in [-0.25, -0.2) is 0 Å². The van der Waals surface area contributed by atoms with E-state index in [9.17, 15) is 0 Å². The average molecular weight is 682 g/mol. The van der Waals surface area contributed by atoms with Gasteiger partial charge in [0.1, 0.15) is 5.58 Å². The van der Waals surface area contributed by atoms with Crippen molar-refractivity contribution in [3.63, 3.8) is 0 Å². The molecule has 0 aliphatic heterocycles. The van der Waals surface area contributed by atoms with Gasteiger partial charge in [-0.15, -0.1) is 0 Å². The molecule has 9 aromatic rings. The summed E-state index contributed by atoms with van der Waals surface area (Å²) < 4.78 is 7.06. The number of para-hydroxylation sites is 3. The third-order valence-electron chi connectivity index (χ3n) is 11.2. The molecular weight excluding hydrogens is 643 g/mol. The smallest absolute Gasteiger partial charge is 0.159 e. The molecule has 0 atom stereocenters. The van der Waals surface area contributed by atoms with Crippen LogP contribution in [-0.4, -0.2) is 0 Å². The van der Waals surface area contributed by atoms with Crippen LogP contribution < -0.4 is 4.90 Å². The number of hydrogen-bond acceptors (Lipinski definition) is 2. The summed E-state index contributed by atoms with van der Waals surface area (Å²) in [5.41, 5.74) is 13.3. The average Bonchev–Trinajstić information content (AvgIpc) is 3.73. The number of nitrogens with zero attached hydrogens (tertiary/aromatic N) is 1. The molecule has 2 nitrogen and oxygen atoms in total. The van der Waals surface area contributed by atoms with Crippen molar-refractivity contribution in [3.8, 4) is 11.1 Å². The number of hydrogen-bond donors (Lipinski definition) is 0. The van der Waals surface area contributed by atoms with Crippen LogP contribution in [0.2, 0.25) is 0 Å². The molecule has 0 unspecified atom stereocenters. The maximum absolute atomic E-state index is 7.06. The molecule has 0 radical (unpaired) electrons. The number of fused-ring (bicyclic) bond motifs is 8. The standard InChI is InChI=1S/C51H39NO/c1-50(2,3)43-31-17-28-39-40-29-18-32-45(49(40)53-48(39)43)52(36-23-11-6-12-24-36)46-33-44-47(38-26-14-13-25-37(38)46)41-27-15-16-30-42(41)51(44,34-19-7-4-8-20-34)35-21-9-5-10-22-35/h4-33H,1-3H3. The third kappa shape index (κ3) is 4.58. The van der Waals surface area contributed by atoms with Gasteiger partial charge in [0.05, 0.1) is 16.8 Å². The summed E-state index contributed by atoms with van der Waals surface area (Å²) in [6.07, 6.45) is 0. The van der Waals surface area contributed by atoms with Crippen molar-refractivity contribution >= 4 is 49.8 Å². The Kier molecular flexibility index (Phi) is 7.00. The molecule has 0 spiro atoms. The maximum atomic E-state index is 7.06. The number of benzene rings is 8. The molecule has 2 heteroatoms. The first-order valence-electron chi connectivity index (χ1n) is 18.5. The van der Waals surface area contributed by atoms with E-state index < -0.39 is 5.41 Å². The minimum atomic E-state index is -0.539. The molecule has 1 aromatic heterocycles. The highest BCUT2D eigenvalue weighted by Gasteiger charge is 2.47. The summed E-state index contributed by atoms with van der Waals surface area (Å²) >= 11 is 0. The van der Waals surface area contributed by atoms with Gasteiger partial charge in [0.2, 0.25) is 0 Å². The van der Waals surface area contributed by atoms with Crippen LogP contribution in [0, 0.1) is 0 Å². The fraction of sp³-hybridized carbons (Fsp3) is 0.0980. The van der Waals surface area contributed by atoms with Gasteiger partial charge in [0.15, 0.2) is 5.58 Å². The number of furan rings is 1. The summed E-state index contributed by atoms with van der Waals surface area (Å²) in [5, 5.41) is 4.67. The van der Waals surface area contributed by atoms with E-state index in [-0.39, 0.29) is 5.41 Å². The summed E-state index contributed by atoms with van der Waals surface area (Å²) in [5.74, 6) is 0. The normalized spacial score (nSPS) is 13.3. The van der Waals surface area contributed by atoms with E-state index in [4.69, 9.17) is 4.42 Å². The third-order valence-corrected chi connectivity index (χ3v) is 11.2. The summed E-state index contributed by atoms with van der Waals surface area (Å²) in [6, 6.07) is 66.5. The van der Waals surface area contributed by atoms with Crippen LogP contribution in [0.1, 0.15) is 48.6 Å². The summed E-state index contributed by atoms with van der Waals surface area (Å²) in [7, 11) is 0. The summed E-state index contributed by atoms with van der Waals surface area (Å²) in [6.45, 7) is 6.77. The second-order valence-corrected chi connectivity index (χ2v) is 15.3. The minimum Gasteiger partial charge on any atom is -0.454 e. The minimum absolute atomic E-state index is 0.0733. The molecule has 53 heavy (non-hydrogen) atoms. The molecule has 1 aliphatic rings. The van der Waals surface area contributed by atoms with Crippen molar-refractivity contribution in [3.05, 3.63) is 210 Å².